The maximum atomic E-state index is 2.32. The number of anilines is 6. The van der Waals surface area contributed by atoms with Crippen LogP contribution in [-0.4, -0.2) is 0 Å². The Balaban J connectivity index is 1.56. The predicted octanol–water partition coefficient (Wildman–Crippen LogP) is 9.81. The Hall–Kier alpha value is -4.30. The van der Waals surface area contributed by atoms with Crippen molar-refractivity contribution in [1.29, 1.82) is 0 Å². The lowest BCUT2D eigenvalue weighted by Gasteiger charge is -2.28. The van der Waals surface area contributed by atoms with Gasteiger partial charge in [-0.2, -0.15) is 0 Å². The molecule has 0 atom stereocenters. The summed E-state index contributed by atoms with van der Waals surface area (Å²) in [5, 5.41) is 0. The van der Waals surface area contributed by atoms with Gasteiger partial charge in [0.2, 0.25) is 0 Å². The van der Waals surface area contributed by atoms with Crippen LogP contribution >= 0.6 is 0 Å². The van der Waals surface area contributed by atoms with Crippen LogP contribution in [0.1, 0.15) is 23.6 Å². The molecule has 5 rings (SSSR count). The third-order valence-corrected chi connectivity index (χ3v) is 6.57. The van der Waals surface area contributed by atoms with Crippen LogP contribution in [0.4, 0.5) is 34.1 Å². The first kappa shape index (κ1) is 23.4. The molecule has 2 nitrogen and oxygen atoms in total. The highest BCUT2D eigenvalue weighted by Gasteiger charge is 2.15. The average Bonchev–Trinajstić information content (AvgIpc) is 2.93. The van der Waals surface area contributed by atoms with Crippen molar-refractivity contribution >= 4 is 34.1 Å². The van der Waals surface area contributed by atoms with Crippen molar-refractivity contribution in [3.63, 3.8) is 0 Å². The number of hydrogen-bond acceptors (Lipinski definition) is 2. The maximum absolute atomic E-state index is 2.32. The van der Waals surface area contributed by atoms with Crippen molar-refractivity contribution in [3.8, 4) is 0 Å². The molecule has 0 bridgehead atoms. The number of hydrogen-bond donors (Lipinski definition) is 0. The third kappa shape index (κ3) is 5.04. The Kier molecular flexibility index (Phi) is 6.86. The highest BCUT2D eigenvalue weighted by atomic mass is 15.2. The van der Waals surface area contributed by atoms with E-state index in [1.54, 1.807) is 0 Å². The van der Waals surface area contributed by atoms with Gasteiger partial charge in [-0.25, -0.2) is 0 Å². The zero-order chi connectivity index (χ0) is 24.9. The molecule has 5 aromatic carbocycles. The fourth-order valence-corrected chi connectivity index (χ4v) is 4.49. The van der Waals surface area contributed by atoms with E-state index in [0.29, 0.717) is 0 Å². The summed E-state index contributed by atoms with van der Waals surface area (Å²) in [4.78, 5) is 4.62. The van der Waals surface area contributed by atoms with Gasteiger partial charge in [0.25, 0.3) is 0 Å². The molecule has 178 valence electrons. The molecule has 0 spiro atoms. The van der Waals surface area contributed by atoms with Gasteiger partial charge in [0.05, 0.1) is 0 Å². The minimum Gasteiger partial charge on any atom is -0.311 e. The van der Waals surface area contributed by atoms with E-state index in [1.165, 1.54) is 16.7 Å². The monoisotopic (exact) mass is 468 g/mol. The number of nitrogens with zero attached hydrogens (tertiary/aromatic N) is 2. The molecule has 0 saturated carbocycles. The van der Waals surface area contributed by atoms with Crippen LogP contribution < -0.4 is 9.80 Å². The largest absolute Gasteiger partial charge is 0.311 e. The second-order valence-electron chi connectivity index (χ2n) is 9.21. The smallest absolute Gasteiger partial charge is 0.0463 e. The van der Waals surface area contributed by atoms with E-state index < -0.39 is 0 Å². The van der Waals surface area contributed by atoms with E-state index in [0.717, 1.165) is 40.5 Å². The Morgan fingerprint density at radius 2 is 0.694 bits per heavy atom. The minimum atomic E-state index is 1.04. The zero-order valence-electron chi connectivity index (χ0n) is 21.2. The van der Waals surface area contributed by atoms with Crippen LogP contribution in [0.25, 0.3) is 0 Å². The van der Waals surface area contributed by atoms with E-state index in [4.69, 9.17) is 0 Å². The van der Waals surface area contributed by atoms with E-state index in [9.17, 15) is 0 Å². The van der Waals surface area contributed by atoms with Crippen LogP contribution in [-0.2, 0) is 6.42 Å². The highest BCUT2D eigenvalue weighted by Crippen LogP contribution is 2.39. The molecular formula is C34H32N2. The van der Waals surface area contributed by atoms with E-state index in [1.807, 2.05) is 0 Å². The van der Waals surface area contributed by atoms with Crippen LogP contribution in [0.5, 0.6) is 0 Å². The summed E-state index contributed by atoms with van der Waals surface area (Å²) >= 11 is 0. The Labute approximate surface area is 215 Å². The van der Waals surface area contributed by atoms with Crippen LogP contribution in [0.2, 0.25) is 0 Å². The lowest BCUT2D eigenvalue weighted by molar-refractivity contribution is 1.14. The summed E-state index contributed by atoms with van der Waals surface area (Å²) < 4.78 is 0. The van der Waals surface area contributed by atoms with Gasteiger partial charge in [0.15, 0.2) is 0 Å². The summed E-state index contributed by atoms with van der Waals surface area (Å²) in [6.07, 6.45) is 1.04. The molecule has 0 amide bonds. The van der Waals surface area contributed by atoms with E-state index >= 15 is 0 Å². The molecule has 0 unspecified atom stereocenters. The first-order chi connectivity index (χ1) is 17.6. The minimum absolute atomic E-state index is 1.04. The number of benzene rings is 5. The molecule has 36 heavy (non-hydrogen) atoms. The normalized spacial score (nSPS) is 10.8. The first-order valence-electron chi connectivity index (χ1n) is 12.6. The Morgan fingerprint density at radius 3 is 1.06 bits per heavy atom. The molecule has 0 fully saturated rings. The fourth-order valence-electron chi connectivity index (χ4n) is 4.49. The van der Waals surface area contributed by atoms with Crippen LogP contribution in [0.15, 0.2) is 127 Å². The lowest BCUT2D eigenvalue weighted by atomic mass is 10.1. The van der Waals surface area contributed by atoms with Gasteiger partial charge in [-0.05, 0) is 98.6 Å². The molecule has 0 heterocycles. The average molecular weight is 469 g/mol. The second kappa shape index (κ2) is 10.5. The summed E-state index contributed by atoms with van der Waals surface area (Å²) in [6.45, 7) is 6.44. The molecule has 0 aliphatic carbocycles. The third-order valence-electron chi connectivity index (χ3n) is 6.57. The van der Waals surface area contributed by atoms with Gasteiger partial charge in [0.1, 0.15) is 0 Å². The molecule has 0 N–H and O–H groups in total. The van der Waals surface area contributed by atoms with Crippen molar-refractivity contribution in [3.05, 3.63) is 144 Å². The first-order valence-corrected chi connectivity index (χ1v) is 12.6. The SMILES string of the molecule is CCc1ccc(N(c2ccc(C)cc2)c2ccc(N(c3ccccc3)c3ccc(C)cc3)cc2)cc1. The van der Waals surface area contributed by atoms with Crippen molar-refractivity contribution in [2.24, 2.45) is 0 Å². The second-order valence-corrected chi connectivity index (χ2v) is 9.21. The van der Waals surface area contributed by atoms with Crippen molar-refractivity contribution < 1.29 is 0 Å². The van der Waals surface area contributed by atoms with Crippen molar-refractivity contribution in [2.45, 2.75) is 27.2 Å². The van der Waals surface area contributed by atoms with E-state index in [2.05, 4.69) is 158 Å². The van der Waals surface area contributed by atoms with Gasteiger partial charge in [-0.3, -0.25) is 0 Å². The Morgan fingerprint density at radius 1 is 0.389 bits per heavy atom. The van der Waals surface area contributed by atoms with E-state index in [-0.39, 0.29) is 0 Å². The topological polar surface area (TPSA) is 6.48 Å². The molecule has 0 saturated heterocycles. The summed E-state index contributed by atoms with van der Waals surface area (Å²) in [6, 6.07) is 45.7. The quantitative estimate of drug-likeness (QED) is 0.234. The van der Waals surface area contributed by atoms with Crippen molar-refractivity contribution in [1.82, 2.24) is 0 Å². The molecule has 0 aromatic heterocycles. The van der Waals surface area contributed by atoms with Gasteiger partial charge in [-0.15, -0.1) is 0 Å². The van der Waals surface area contributed by atoms with Crippen LogP contribution in [0.3, 0.4) is 0 Å². The summed E-state index contributed by atoms with van der Waals surface area (Å²) in [7, 11) is 0. The van der Waals surface area contributed by atoms with Gasteiger partial charge in [-0.1, -0.05) is 72.6 Å². The number of para-hydroxylation sites is 1. The molecule has 5 aromatic rings. The lowest BCUT2D eigenvalue weighted by Crippen LogP contribution is -2.12. The maximum Gasteiger partial charge on any atom is 0.0463 e. The van der Waals surface area contributed by atoms with Crippen LogP contribution in [0, 0.1) is 13.8 Å². The Bertz CT molecular complexity index is 1390. The highest BCUT2D eigenvalue weighted by molar-refractivity contribution is 5.81. The molecule has 0 aliphatic heterocycles. The zero-order valence-corrected chi connectivity index (χ0v) is 21.2. The van der Waals surface area contributed by atoms with Gasteiger partial charge in [0, 0.05) is 34.1 Å². The number of rotatable bonds is 7. The molecular weight excluding hydrogens is 436 g/mol. The molecule has 0 radical (unpaired) electrons. The summed E-state index contributed by atoms with van der Waals surface area (Å²) in [5.41, 5.74) is 10.7. The molecule has 0 aliphatic rings. The molecule has 2 heteroatoms. The van der Waals surface area contributed by atoms with Crippen molar-refractivity contribution in [2.75, 3.05) is 9.80 Å². The fraction of sp³-hybridized carbons (Fsp3) is 0.118. The van der Waals surface area contributed by atoms with Gasteiger partial charge >= 0.3 is 0 Å². The summed E-state index contributed by atoms with van der Waals surface area (Å²) in [5.74, 6) is 0. The predicted molar refractivity (Wildman–Crippen MR) is 155 cm³/mol. The number of aryl methyl sites for hydroxylation is 3. The standard InChI is InChI=1S/C34H32N2/c1-4-28-14-20-32(21-15-28)36(31-18-12-27(3)13-19-31)34-24-22-33(23-25-34)35(29-8-6-5-7-9-29)30-16-10-26(2)11-17-30/h5-25H,4H2,1-3H3. The van der Waals surface area contributed by atoms with Gasteiger partial charge < -0.3 is 9.80 Å².